The highest BCUT2D eigenvalue weighted by Gasteiger charge is 2.27. The van der Waals surface area contributed by atoms with Gasteiger partial charge >= 0.3 is 5.97 Å². The first-order chi connectivity index (χ1) is 9.54. The molecule has 0 amide bonds. The molecule has 1 aromatic rings. The molecular weight excluding hydrogens is 276 g/mol. The minimum atomic E-state index is -0.509. The maximum atomic E-state index is 11.9. The summed E-state index contributed by atoms with van der Waals surface area (Å²) >= 11 is 1.30. The molecule has 1 aliphatic heterocycles. The largest absolute Gasteiger partial charge is 0.461 e. The van der Waals surface area contributed by atoms with E-state index in [1.54, 1.807) is 6.92 Å². The highest BCUT2D eigenvalue weighted by molar-refractivity contribution is 7.17. The first kappa shape index (κ1) is 15.0. The molecule has 5 nitrogen and oxygen atoms in total. The SMILES string of the molecule is CCOC(=O)c1nc(N2CCCCC2C)sc1C(C)=O. The van der Waals surface area contributed by atoms with Crippen molar-refractivity contribution in [3.8, 4) is 0 Å². The lowest BCUT2D eigenvalue weighted by Crippen LogP contribution is -2.37. The second kappa shape index (κ2) is 6.35. The first-order valence-corrected chi connectivity index (χ1v) is 7.81. The van der Waals surface area contributed by atoms with Crippen LogP contribution in [0.25, 0.3) is 0 Å². The van der Waals surface area contributed by atoms with Crippen LogP contribution in [0.2, 0.25) is 0 Å². The molecule has 1 aromatic heterocycles. The number of anilines is 1. The van der Waals surface area contributed by atoms with Gasteiger partial charge in [0.2, 0.25) is 0 Å². The van der Waals surface area contributed by atoms with Gasteiger partial charge in [-0.15, -0.1) is 0 Å². The Morgan fingerprint density at radius 3 is 2.80 bits per heavy atom. The molecule has 0 aliphatic carbocycles. The third kappa shape index (κ3) is 3.00. The Kier molecular flexibility index (Phi) is 4.75. The van der Waals surface area contributed by atoms with Gasteiger partial charge in [-0.2, -0.15) is 0 Å². The third-order valence-electron chi connectivity index (χ3n) is 3.45. The zero-order chi connectivity index (χ0) is 14.7. The summed E-state index contributed by atoms with van der Waals surface area (Å²) in [6.45, 7) is 6.56. The van der Waals surface area contributed by atoms with E-state index >= 15 is 0 Å². The summed E-state index contributed by atoms with van der Waals surface area (Å²) in [5.74, 6) is -0.647. The van der Waals surface area contributed by atoms with Crippen LogP contribution in [0.15, 0.2) is 0 Å². The molecule has 0 N–H and O–H groups in total. The Hall–Kier alpha value is -1.43. The molecule has 0 spiro atoms. The standard InChI is InChI=1S/C14H20N2O3S/c1-4-19-13(18)11-12(10(3)17)20-14(15-11)16-8-6-5-7-9(16)2/h9H,4-8H2,1-3H3. The lowest BCUT2D eigenvalue weighted by Gasteiger charge is -2.33. The van der Waals surface area contributed by atoms with Crippen molar-refractivity contribution in [2.75, 3.05) is 18.1 Å². The Morgan fingerprint density at radius 1 is 1.45 bits per heavy atom. The summed E-state index contributed by atoms with van der Waals surface area (Å²) in [5.41, 5.74) is 0.164. The van der Waals surface area contributed by atoms with Crippen LogP contribution in [0.1, 0.15) is 60.2 Å². The number of ether oxygens (including phenoxy) is 1. The quantitative estimate of drug-likeness (QED) is 0.631. The van der Waals surface area contributed by atoms with Gasteiger partial charge in [-0.05, 0) is 33.1 Å². The number of esters is 1. The van der Waals surface area contributed by atoms with Gasteiger partial charge < -0.3 is 9.64 Å². The van der Waals surface area contributed by atoms with Gasteiger partial charge in [0, 0.05) is 19.5 Å². The van der Waals surface area contributed by atoms with Gasteiger partial charge in [-0.25, -0.2) is 9.78 Å². The van der Waals surface area contributed by atoms with E-state index in [0.29, 0.717) is 10.9 Å². The molecule has 1 unspecified atom stereocenters. The van der Waals surface area contributed by atoms with Crippen molar-refractivity contribution in [2.45, 2.75) is 46.1 Å². The van der Waals surface area contributed by atoms with Crippen molar-refractivity contribution in [3.63, 3.8) is 0 Å². The molecule has 2 rings (SSSR count). The van der Waals surface area contributed by atoms with E-state index in [-0.39, 0.29) is 18.1 Å². The number of carbonyl (C=O) groups is 2. The zero-order valence-corrected chi connectivity index (χ0v) is 13.0. The predicted molar refractivity (Wildman–Crippen MR) is 78.7 cm³/mol. The number of rotatable bonds is 4. The van der Waals surface area contributed by atoms with E-state index in [1.165, 1.54) is 24.7 Å². The van der Waals surface area contributed by atoms with Gasteiger partial charge in [0.1, 0.15) is 4.88 Å². The molecule has 1 saturated heterocycles. The van der Waals surface area contributed by atoms with Crippen LogP contribution in [0, 0.1) is 0 Å². The molecular formula is C14H20N2O3S. The van der Waals surface area contributed by atoms with Crippen molar-refractivity contribution in [1.82, 2.24) is 4.98 Å². The lowest BCUT2D eigenvalue weighted by molar-refractivity contribution is 0.0517. The van der Waals surface area contributed by atoms with Crippen LogP contribution < -0.4 is 4.90 Å². The van der Waals surface area contributed by atoms with Gasteiger partial charge in [0.25, 0.3) is 0 Å². The lowest BCUT2D eigenvalue weighted by atomic mass is 10.1. The van der Waals surface area contributed by atoms with E-state index in [2.05, 4.69) is 16.8 Å². The molecule has 0 bridgehead atoms. The first-order valence-electron chi connectivity index (χ1n) is 7.00. The van der Waals surface area contributed by atoms with Crippen molar-refractivity contribution in [2.24, 2.45) is 0 Å². The predicted octanol–water partition coefficient (Wildman–Crippen LogP) is 2.90. The molecule has 0 saturated carbocycles. The number of carbonyl (C=O) groups excluding carboxylic acids is 2. The monoisotopic (exact) mass is 296 g/mol. The number of piperidine rings is 1. The highest BCUT2D eigenvalue weighted by atomic mass is 32.1. The summed E-state index contributed by atoms with van der Waals surface area (Å²) < 4.78 is 4.98. The van der Waals surface area contributed by atoms with Gasteiger partial charge in [0.05, 0.1) is 6.61 Å². The minimum absolute atomic E-state index is 0.138. The van der Waals surface area contributed by atoms with Crippen LogP contribution in [-0.2, 0) is 4.74 Å². The number of ketones is 1. The number of thiazole rings is 1. The summed E-state index contributed by atoms with van der Waals surface area (Å²) in [6, 6.07) is 0.393. The fraction of sp³-hybridized carbons (Fsp3) is 0.643. The van der Waals surface area contributed by atoms with E-state index in [4.69, 9.17) is 4.74 Å². The molecule has 1 fully saturated rings. The average Bonchev–Trinajstić information content (AvgIpc) is 2.84. The third-order valence-corrected chi connectivity index (χ3v) is 4.65. The van der Waals surface area contributed by atoms with Crippen LogP contribution in [-0.4, -0.2) is 35.9 Å². The fourth-order valence-electron chi connectivity index (χ4n) is 2.39. The number of nitrogens with zero attached hydrogens (tertiary/aromatic N) is 2. The molecule has 110 valence electrons. The Morgan fingerprint density at radius 2 is 2.20 bits per heavy atom. The number of hydrogen-bond donors (Lipinski definition) is 0. The Bertz CT molecular complexity index is 513. The van der Waals surface area contributed by atoms with Gasteiger partial charge in [0.15, 0.2) is 16.6 Å². The van der Waals surface area contributed by atoms with E-state index < -0.39 is 5.97 Å². The zero-order valence-electron chi connectivity index (χ0n) is 12.1. The molecule has 0 radical (unpaired) electrons. The maximum Gasteiger partial charge on any atom is 0.358 e. The number of Topliss-reactive ketones (excluding diaryl/α,β-unsaturated/α-hetero) is 1. The summed E-state index contributed by atoms with van der Waals surface area (Å²) in [4.78, 5) is 30.6. The van der Waals surface area contributed by atoms with Crippen LogP contribution >= 0.6 is 11.3 Å². The number of hydrogen-bond acceptors (Lipinski definition) is 6. The molecule has 2 heterocycles. The Labute approximate surface area is 122 Å². The van der Waals surface area contributed by atoms with Crippen molar-refractivity contribution in [1.29, 1.82) is 0 Å². The normalized spacial score (nSPS) is 18.9. The second-order valence-electron chi connectivity index (χ2n) is 4.99. The smallest absolute Gasteiger partial charge is 0.358 e. The Balaban J connectivity index is 2.33. The molecule has 1 atom stereocenters. The van der Waals surface area contributed by atoms with Crippen molar-refractivity contribution >= 4 is 28.2 Å². The second-order valence-corrected chi connectivity index (χ2v) is 5.97. The van der Waals surface area contributed by atoms with E-state index in [9.17, 15) is 9.59 Å². The van der Waals surface area contributed by atoms with E-state index in [0.717, 1.165) is 24.5 Å². The molecule has 6 heteroatoms. The van der Waals surface area contributed by atoms with Crippen LogP contribution in [0.3, 0.4) is 0 Å². The highest BCUT2D eigenvalue weighted by Crippen LogP contribution is 2.31. The average molecular weight is 296 g/mol. The maximum absolute atomic E-state index is 11.9. The molecule has 1 aliphatic rings. The van der Waals surface area contributed by atoms with Crippen molar-refractivity contribution in [3.05, 3.63) is 10.6 Å². The minimum Gasteiger partial charge on any atom is -0.461 e. The topological polar surface area (TPSA) is 59.5 Å². The summed E-state index contributed by atoms with van der Waals surface area (Å²) in [6.07, 6.45) is 3.45. The van der Waals surface area contributed by atoms with Crippen LogP contribution in [0.4, 0.5) is 5.13 Å². The van der Waals surface area contributed by atoms with Crippen LogP contribution in [0.5, 0.6) is 0 Å². The molecule has 20 heavy (non-hydrogen) atoms. The van der Waals surface area contributed by atoms with E-state index in [1.807, 2.05) is 0 Å². The summed E-state index contributed by atoms with van der Waals surface area (Å²) in [7, 11) is 0. The van der Waals surface area contributed by atoms with Gasteiger partial charge in [-0.1, -0.05) is 11.3 Å². The fourth-order valence-corrected chi connectivity index (χ4v) is 3.47. The van der Waals surface area contributed by atoms with Gasteiger partial charge in [-0.3, -0.25) is 4.79 Å². The number of aromatic nitrogens is 1. The molecule has 0 aromatic carbocycles. The van der Waals surface area contributed by atoms with Crippen molar-refractivity contribution < 1.29 is 14.3 Å². The summed E-state index contributed by atoms with van der Waals surface area (Å²) in [5, 5.41) is 0.755.